The van der Waals surface area contributed by atoms with Gasteiger partial charge in [0, 0.05) is 11.6 Å². The molecule has 6 heteroatoms. The minimum atomic E-state index is -4.79. The molecule has 1 atom stereocenters. The molecule has 0 bridgehead atoms. The van der Waals surface area contributed by atoms with E-state index in [1.165, 1.54) is 0 Å². The van der Waals surface area contributed by atoms with Crippen LogP contribution in [0, 0.1) is 5.82 Å². The molecule has 0 amide bonds. The van der Waals surface area contributed by atoms with E-state index in [-0.39, 0.29) is 5.56 Å². The second-order valence-electron chi connectivity index (χ2n) is 3.25. The Bertz CT molecular complexity index is 364. The molecule has 0 radical (unpaired) electrons. The fourth-order valence-electron chi connectivity index (χ4n) is 1.22. The number of nitrogens with two attached hydrogens (primary N) is 1. The summed E-state index contributed by atoms with van der Waals surface area (Å²) in [5.74, 6) is -1.10. The molecule has 1 rings (SSSR count). The third-order valence-electron chi connectivity index (χ3n) is 2.04. The van der Waals surface area contributed by atoms with Gasteiger partial charge in [0.25, 0.3) is 0 Å². The lowest BCUT2D eigenvalue weighted by molar-refractivity contribution is -0.274. The number of halogens is 4. The summed E-state index contributed by atoms with van der Waals surface area (Å²) in [5.41, 5.74) is 5.57. The number of ether oxygens (including phenoxy) is 1. The molecule has 0 saturated carbocycles. The van der Waals surface area contributed by atoms with Gasteiger partial charge in [0.05, 0.1) is 0 Å². The molecule has 0 saturated heterocycles. The molecule has 2 N–H and O–H groups in total. The molecular weight excluding hydrogens is 226 g/mol. The summed E-state index contributed by atoms with van der Waals surface area (Å²) in [4.78, 5) is 0. The van der Waals surface area contributed by atoms with E-state index >= 15 is 0 Å². The van der Waals surface area contributed by atoms with Gasteiger partial charge in [-0.2, -0.15) is 0 Å². The molecule has 0 aliphatic carbocycles. The van der Waals surface area contributed by atoms with Crippen LogP contribution >= 0.6 is 0 Å². The zero-order chi connectivity index (χ0) is 12.3. The fourth-order valence-corrected chi connectivity index (χ4v) is 1.22. The molecule has 0 unspecified atom stereocenters. The predicted molar refractivity (Wildman–Crippen MR) is 50.3 cm³/mol. The summed E-state index contributed by atoms with van der Waals surface area (Å²) in [7, 11) is 0. The topological polar surface area (TPSA) is 35.2 Å². The van der Waals surface area contributed by atoms with Crippen LogP contribution < -0.4 is 10.5 Å². The van der Waals surface area contributed by atoms with E-state index in [4.69, 9.17) is 5.73 Å². The monoisotopic (exact) mass is 237 g/mol. The van der Waals surface area contributed by atoms with Crippen molar-refractivity contribution in [2.45, 2.75) is 25.7 Å². The molecule has 0 fully saturated rings. The Morgan fingerprint density at radius 1 is 1.38 bits per heavy atom. The standard InChI is InChI=1S/C10H11F4NO/c1-2-9(15)7-5-6(3-4-8(7)11)16-10(12,13)14/h3-5,9H,2,15H2,1H3/t9-/m0/s1. The van der Waals surface area contributed by atoms with Gasteiger partial charge >= 0.3 is 6.36 Å². The van der Waals surface area contributed by atoms with Gasteiger partial charge in [0.2, 0.25) is 0 Å². The summed E-state index contributed by atoms with van der Waals surface area (Å²) in [6.45, 7) is 1.71. The quantitative estimate of drug-likeness (QED) is 0.819. The SMILES string of the molecule is CC[C@H](N)c1cc(OC(F)(F)F)ccc1F. The van der Waals surface area contributed by atoms with E-state index in [1.54, 1.807) is 6.92 Å². The van der Waals surface area contributed by atoms with Gasteiger partial charge in [-0.3, -0.25) is 0 Å². The van der Waals surface area contributed by atoms with E-state index in [0.717, 1.165) is 18.2 Å². The molecule has 0 aromatic heterocycles. The zero-order valence-corrected chi connectivity index (χ0v) is 8.51. The van der Waals surface area contributed by atoms with Gasteiger partial charge in [-0.25, -0.2) is 4.39 Å². The van der Waals surface area contributed by atoms with Crippen molar-refractivity contribution in [3.63, 3.8) is 0 Å². The van der Waals surface area contributed by atoms with Crippen LogP contribution in [0.1, 0.15) is 24.9 Å². The van der Waals surface area contributed by atoms with Gasteiger partial charge in [-0.1, -0.05) is 6.92 Å². The van der Waals surface area contributed by atoms with E-state index < -0.39 is 24.0 Å². The van der Waals surface area contributed by atoms with Crippen molar-refractivity contribution >= 4 is 0 Å². The predicted octanol–water partition coefficient (Wildman–Crippen LogP) is 3.13. The summed E-state index contributed by atoms with van der Waals surface area (Å²) >= 11 is 0. The van der Waals surface area contributed by atoms with Crippen LogP contribution in [0.5, 0.6) is 5.75 Å². The Kier molecular flexibility index (Phi) is 3.74. The van der Waals surface area contributed by atoms with Crippen molar-refractivity contribution in [2.75, 3.05) is 0 Å². The van der Waals surface area contributed by atoms with Crippen LogP contribution in [0.25, 0.3) is 0 Å². The normalized spacial score (nSPS) is 13.6. The van der Waals surface area contributed by atoms with Gasteiger partial charge in [0.15, 0.2) is 0 Å². The van der Waals surface area contributed by atoms with Gasteiger partial charge < -0.3 is 10.5 Å². The molecule has 0 aliphatic heterocycles. The fraction of sp³-hybridized carbons (Fsp3) is 0.400. The van der Waals surface area contributed by atoms with Crippen molar-refractivity contribution < 1.29 is 22.3 Å². The Morgan fingerprint density at radius 3 is 2.50 bits per heavy atom. The van der Waals surface area contributed by atoms with Crippen LogP contribution in [0.15, 0.2) is 18.2 Å². The zero-order valence-electron chi connectivity index (χ0n) is 8.51. The molecule has 0 spiro atoms. The lowest BCUT2D eigenvalue weighted by Crippen LogP contribution is -2.18. The molecule has 0 aliphatic rings. The summed E-state index contributed by atoms with van der Waals surface area (Å²) in [6.07, 6.45) is -4.36. The second-order valence-corrected chi connectivity index (χ2v) is 3.25. The van der Waals surface area contributed by atoms with Gasteiger partial charge in [-0.05, 0) is 24.6 Å². The Morgan fingerprint density at radius 2 is 2.00 bits per heavy atom. The van der Waals surface area contributed by atoms with Crippen LogP contribution in [-0.2, 0) is 0 Å². The van der Waals surface area contributed by atoms with Crippen molar-refractivity contribution in [3.05, 3.63) is 29.6 Å². The van der Waals surface area contributed by atoms with Crippen molar-refractivity contribution in [1.82, 2.24) is 0 Å². The Hall–Kier alpha value is -1.30. The maximum atomic E-state index is 13.2. The first-order chi connectivity index (χ1) is 7.33. The lowest BCUT2D eigenvalue weighted by Gasteiger charge is -2.13. The maximum Gasteiger partial charge on any atom is 0.573 e. The minimum Gasteiger partial charge on any atom is -0.406 e. The molecular formula is C10H11F4NO. The Balaban J connectivity index is 2.98. The van der Waals surface area contributed by atoms with Crippen LogP contribution in [0.3, 0.4) is 0 Å². The summed E-state index contributed by atoms with van der Waals surface area (Å²) < 4.78 is 52.6. The number of rotatable bonds is 3. The first-order valence-electron chi connectivity index (χ1n) is 4.64. The first kappa shape index (κ1) is 12.8. The molecule has 90 valence electrons. The van der Waals surface area contributed by atoms with E-state index in [0.29, 0.717) is 6.42 Å². The maximum absolute atomic E-state index is 13.2. The number of benzene rings is 1. The molecule has 1 aromatic rings. The van der Waals surface area contributed by atoms with Gasteiger partial charge in [-0.15, -0.1) is 13.2 Å². The van der Waals surface area contributed by atoms with Crippen molar-refractivity contribution in [1.29, 1.82) is 0 Å². The third kappa shape index (κ3) is 3.37. The molecule has 1 aromatic carbocycles. The smallest absolute Gasteiger partial charge is 0.406 e. The van der Waals surface area contributed by atoms with E-state index in [2.05, 4.69) is 4.74 Å². The Labute approximate surface area is 90.0 Å². The molecule has 16 heavy (non-hydrogen) atoms. The second kappa shape index (κ2) is 4.69. The highest BCUT2D eigenvalue weighted by atomic mass is 19.4. The van der Waals surface area contributed by atoms with Crippen LogP contribution in [0.4, 0.5) is 17.6 Å². The van der Waals surface area contributed by atoms with Crippen LogP contribution in [0.2, 0.25) is 0 Å². The first-order valence-corrected chi connectivity index (χ1v) is 4.64. The van der Waals surface area contributed by atoms with Crippen LogP contribution in [-0.4, -0.2) is 6.36 Å². The largest absolute Gasteiger partial charge is 0.573 e. The molecule has 2 nitrogen and oxygen atoms in total. The van der Waals surface area contributed by atoms with E-state index in [9.17, 15) is 17.6 Å². The number of hydrogen-bond acceptors (Lipinski definition) is 2. The number of hydrogen-bond donors (Lipinski definition) is 1. The van der Waals surface area contributed by atoms with E-state index in [1.807, 2.05) is 0 Å². The highest BCUT2D eigenvalue weighted by Crippen LogP contribution is 2.27. The minimum absolute atomic E-state index is 0.0178. The highest BCUT2D eigenvalue weighted by molar-refractivity contribution is 5.31. The summed E-state index contributed by atoms with van der Waals surface area (Å²) in [5, 5.41) is 0. The average Bonchev–Trinajstić information content (AvgIpc) is 2.18. The average molecular weight is 237 g/mol. The third-order valence-corrected chi connectivity index (χ3v) is 2.04. The molecule has 0 heterocycles. The highest BCUT2D eigenvalue weighted by Gasteiger charge is 2.31. The summed E-state index contributed by atoms with van der Waals surface area (Å²) in [6, 6.07) is 2.15. The lowest BCUT2D eigenvalue weighted by atomic mass is 10.0. The number of alkyl halides is 3. The van der Waals surface area contributed by atoms with Gasteiger partial charge in [0.1, 0.15) is 11.6 Å². The van der Waals surface area contributed by atoms with Crippen molar-refractivity contribution in [2.24, 2.45) is 5.73 Å². The van der Waals surface area contributed by atoms with Crippen molar-refractivity contribution in [3.8, 4) is 5.75 Å².